The van der Waals surface area contributed by atoms with Crippen LogP contribution in [0.3, 0.4) is 0 Å². The molecule has 0 spiro atoms. The van der Waals surface area contributed by atoms with Gasteiger partial charge in [0.25, 0.3) is 0 Å². The third-order valence-corrected chi connectivity index (χ3v) is 6.56. The van der Waals surface area contributed by atoms with E-state index in [1.165, 1.54) is 39.1 Å². The van der Waals surface area contributed by atoms with Crippen molar-refractivity contribution < 1.29 is 0 Å². The second-order valence-electron chi connectivity index (χ2n) is 10.4. The lowest BCUT2D eigenvalue weighted by atomic mass is 9.86. The number of hydrogen-bond acceptors (Lipinski definition) is 1. The van der Waals surface area contributed by atoms with Gasteiger partial charge in [-0.2, -0.15) is 0 Å². The third-order valence-electron chi connectivity index (χ3n) is 6.56. The van der Waals surface area contributed by atoms with Gasteiger partial charge < -0.3 is 0 Å². The fourth-order valence-corrected chi connectivity index (χ4v) is 4.85. The summed E-state index contributed by atoms with van der Waals surface area (Å²) in [5.74, 6) is 2.02. The van der Waals surface area contributed by atoms with E-state index in [-0.39, 0.29) is 0 Å². The first-order valence-electron chi connectivity index (χ1n) is 12.4. The summed E-state index contributed by atoms with van der Waals surface area (Å²) in [7, 11) is 0. The number of benzene rings is 2. The van der Waals surface area contributed by atoms with Crippen LogP contribution < -0.4 is 0 Å². The monoisotopic (exact) mass is 427 g/mol. The van der Waals surface area contributed by atoms with Crippen LogP contribution in [0.1, 0.15) is 113 Å². The first-order valence-corrected chi connectivity index (χ1v) is 12.4. The van der Waals surface area contributed by atoms with E-state index in [9.17, 15) is 0 Å². The van der Waals surface area contributed by atoms with E-state index in [0.29, 0.717) is 23.7 Å². The Morgan fingerprint density at radius 1 is 0.531 bits per heavy atom. The Hall–Kier alpha value is -2.41. The van der Waals surface area contributed by atoms with Gasteiger partial charge in [0.1, 0.15) is 0 Å². The molecule has 3 rings (SSSR count). The summed E-state index contributed by atoms with van der Waals surface area (Å²) in [6.45, 7) is 18.3. The van der Waals surface area contributed by atoms with Crippen LogP contribution in [-0.4, -0.2) is 4.98 Å². The molecule has 2 aromatic carbocycles. The predicted octanol–water partition coefficient (Wildman–Crippen LogP) is 9.03. The molecule has 0 radical (unpaired) electrons. The number of aryl methyl sites for hydroxylation is 1. The molecular formula is C31H41N. The number of rotatable bonds is 8. The van der Waals surface area contributed by atoms with Gasteiger partial charge in [0.15, 0.2) is 0 Å². The molecule has 0 fully saturated rings. The molecule has 0 saturated carbocycles. The highest BCUT2D eigenvalue weighted by Crippen LogP contribution is 2.35. The molecule has 170 valence electrons. The molecule has 0 amide bonds. The standard InChI is InChI=1S/C31H41N/c1-20(2)25-13-10-14-26(21(3)4)29(25)19-18-24-12-9-17-30(32-24)31-27(22(5)6)15-11-16-28(31)23(7)8/h9-17,20-23H,18-19H2,1-8H3. The van der Waals surface area contributed by atoms with Gasteiger partial charge in [-0.05, 0) is 76.5 Å². The Kier molecular flexibility index (Phi) is 7.93. The largest absolute Gasteiger partial charge is 0.253 e. The van der Waals surface area contributed by atoms with E-state index in [0.717, 1.165) is 18.5 Å². The molecule has 32 heavy (non-hydrogen) atoms. The zero-order valence-electron chi connectivity index (χ0n) is 21.4. The molecule has 1 heteroatoms. The lowest BCUT2D eigenvalue weighted by Crippen LogP contribution is -2.06. The van der Waals surface area contributed by atoms with Gasteiger partial charge in [0.05, 0.1) is 5.69 Å². The first-order chi connectivity index (χ1) is 15.2. The Bertz CT molecular complexity index is 988. The second-order valence-corrected chi connectivity index (χ2v) is 10.4. The van der Waals surface area contributed by atoms with Crippen LogP contribution in [0.2, 0.25) is 0 Å². The predicted molar refractivity (Wildman–Crippen MR) is 140 cm³/mol. The average Bonchev–Trinajstić information content (AvgIpc) is 2.76. The van der Waals surface area contributed by atoms with Crippen molar-refractivity contribution in [1.29, 1.82) is 0 Å². The summed E-state index contributed by atoms with van der Waals surface area (Å²) in [5, 5.41) is 0. The molecule has 0 N–H and O–H groups in total. The maximum absolute atomic E-state index is 5.19. The summed E-state index contributed by atoms with van der Waals surface area (Å²) < 4.78 is 0. The fourth-order valence-electron chi connectivity index (χ4n) is 4.85. The molecular weight excluding hydrogens is 386 g/mol. The number of hydrogen-bond donors (Lipinski definition) is 0. The smallest absolute Gasteiger partial charge is 0.0711 e. The van der Waals surface area contributed by atoms with Crippen molar-refractivity contribution in [3.63, 3.8) is 0 Å². The van der Waals surface area contributed by atoms with Crippen molar-refractivity contribution in [3.05, 3.63) is 88.1 Å². The molecule has 0 aliphatic heterocycles. The van der Waals surface area contributed by atoms with Gasteiger partial charge >= 0.3 is 0 Å². The van der Waals surface area contributed by atoms with E-state index in [4.69, 9.17) is 4.98 Å². The van der Waals surface area contributed by atoms with E-state index < -0.39 is 0 Å². The second kappa shape index (κ2) is 10.5. The summed E-state index contributed by atoms with van der Waals surface area (Å²) in [4.78, 5) is 5.19. The molecule has 0 aliphatic rings. The quantitative estimate of drug-likeness (QED) is 0.349. The zero-order chi connectivity index (χ0) is 23.4. The molecule has 0 atom stereocenters. The normalized spacial score (nSPS) is 11.9. The van der Waals surface area contributed by atoms with Gasteiger partial charge in [0, 0.05) is 11.3 Å². The van der Waals surface area contributed by atoms with Crippen molar-refractivity contribution in [2.75, 3.05) is 0 Å². The molecule has 0 bridgehead atoms. The first kappa shape index (κ1) is 24.2. The molecule has 1 nitrogen and oxygen atoms in total. The molecule has 1 heterocycles. The number of aromatic nitrogens is 1. The third kappa shape index (κ3) is 5.31. The van der Waals surface area contributed by atoms with Gasteiger partial charge in [-0.1, -0.05) is 97.9 Å². The minimum Gasteiger partial charge on any atom is -0.253 e. The van der Waals surface area contributed by atoms with Gasteiger partial charge in [-0.25, -0.2) is 0 Å². The lowest BCUT2D eigenvalue weighted by Gasteiger charge is -2.21. The SMILES string of the molecule is CC(C)c1cccc(C(C)C)c1CCc1cccc(-c2c(C(C)C)cccc2C(C)C)n1. The Morgan fingerprint density at radius 2 is 0.969 bits per heavy atom. The zero-order valence-corrected chi connectivity index (χ0v) is 21.4. The van der Waals surface area contributed by atoms with Crippen molar-refractivity contribution in [3.8, 4) is 11.3 Å². The van der Waals surface area contributed by atoms with Gasteiger partial charge in [0.2, 0.25) is 0 Å². The lowest BCUT2D eigenvalue weighted by molar-refractivity contribution is 0.779. The summed E-state index contributed by atoms with van der Waals surface area (Å²) in [6.07, 6.45) is 2.01. The van der Waals surface area contributed by atoms with Crippen molar-refractivity contribution in [2.45, 2.75) is 91.9 Å². The number of pyridine rings is 1. The van der Waals surface area contributed by atoms with Crippen LogP contribution in [-0.2, 0) is 12.8 Å². The van der Waals surface area contributed by atoms with Crippen LogP contribution in [0.4, 0.5) is 0 Å². The molecule has 3 aromatic rings. The van der Waals surface area contributed by atoms with E-state index in [2.05, 4.69) is 110 Å². The summed E-state index contributed by atoms with van der Waals surface area (Å²) in [5.41, 5.74) is 10.9. The Labute approximate surface area is 196 Å². The molecule has 0 saturated heterocycles. The number of nitrogens with zero attached hydrogens (tertiary/aromatic N) is 1. The minimum atomic E-state index is 0.473. The molecule has 1 aromatic heterocycles. The van der Waals surface area contributed by atoms with Gasteiger partial charge in [-0.3, -0.25) is 4.98 Å². The minimum absolute atomic E-state index is 0.473. The Balaban J connectivity index is 1.99. The highest BCUT2D eigenvalue weighted by molar-refractivity contribution is 5.69. The van der Waals surface area contributed by atoms with E-state index in [1.54, 1.807) is 0 Å². The molecule has 0 unspecified atom stereocenters. The van der Waals surface area contributed by atoms with Crippen LogP contribution in [0, 0.1) is 0 Å². The average molecular weight is 428 g/mol. The highest BCUT2D eigenvalue weighted by atomic mass is 14.7. The van der Waals surface area contributed by atoms with Crippen molar-refractivity contribution >= 4 is 0 Å². The maximum atomic E-state index is 5.19. The van der Waals surface area contributed by atoms with Crippen LogP contribution in [0.25, 0.3) is 11.3 Å². The maximum Gasteiger partial charge on any atom is 0.0711 e. The summed E-state index contributed by atoms with van der Waals surface area (Å²) in [6, 6.07) is 20.2. The highest BCUT2D eigenvalue weighted by Gasteiger charge is 2.17. The molecule has 0 aliphatic carbocycles. The van der Waals surface area contributed by atoms with Crippen molar-refractivity contribution in [2.24, 2.45) is 0 Å². The van der Waals surface area contributed by atoms with E-state index >= 15 is 0 Å². The van der Waals surface area contributed by atoms with Crippen LogP contribution >= 0.6 is 0 Å². The van der Waals surface area contributed by atoms with Crippen LogP contribution in [0.15, 0.2) is 54.6 Å². The topological polar surface area (TPSA) is 12.9 Å². The Morgan fingerprint density at radius 3 is 1.44 bits per heavy atom. The van der Waals surface area contributed by atoms with Gasteiger partial charge in [-0.15, -0.1) is 0 Å². The fraction of sp³-hybridized carbons (Fsp3) is 0.452. The van der Waals surface area contributed by atoms with Crippen LogP contribution in [0.5, 0.6) is 0 Å². The summed E-state index contributed by atoms with van der Waals surface area (Å²) >= 11 is 0. The van der Waals surface area contributed by atoms with Crippen molar-refractivity contribution in [1.82, 2.24) is 4.98 Å². The van der Waals surface area contributed by atoms with E-state index in [1.807, 2.05) is 0 Å².